The number of nitro groups is 1. The van der Waals surface area contributed by atoms with Gasteiger partial charge in [0.1, 0.15) is 5.75 Å². The Morgan fingerprint density at radius 1 is 1.26 bits per heavy atom. The van der Waals surface area contributed by atoms with Crippen LogP contribution in [0.3, 0.4) is 0 Å². The zero-order valence-electron chi connectivity index (χ0n) is 14.3. The quantitative estimate of drug-likeness (QED) is 0.348. The normalized spacial score (nSPS) is 11.4. The van der Waals surface area contributed by atoms with Gasteiger partial charge in [0.15, 0.2) is 11.7 Å². The van der Waals surface area contributed by atoms with Crippen LogP contribution in [0.1, 0.15) is 5.56 Å². The van der Waals surface area contributed by atoms with Gasteiger partial charge in [-0.3, -0.25) is 19.7 Å². The summed E-state index contributed by atoms with van der Waals surface area (Å²) in [5.41, 5.74) is 0.662. The minimum atomic E-state index is -1.55. The third-order valence-corrected chi connectivity index (χ3v) is 3.53. The molecule has 0 aromatic heterocycles. The summed E-state index contributed by atoms with van der Waals surface area (Å²) in [6.45, 7) is 0. The van der Waals surface area contributed by atoms with Crippen LogP contribution >= 0.6 is 0 Å². The molecule has 0 aliphatic carbocycles. The molecule has 1 atom stereocenters. The molecule has 0 saturated heterocycles. The van der Waals surface area contributed by atoms with Crippen molar-refractivity contribution in [2.24, 2.45) is 5.92 Å². The summed E-state index contributed by atoms with van der Waals surface area (Å²) >= 11 is 0. The number of nitriles is 1. The molecular formula is C19H15N3O5. The van der Waals surface area contributed by atoms with Crippen molar-refractivity contribution in [1.29, 1.82) is 5.26 Å². The lowest BCUT2D eigenvalue weighted by Crippen LogP contribution is -2.27. The number of carbonyl (C=O) groups is 2. The number of benzene rings is 2. The number of amides is 1. The van der Waals surface area contributed by atoms with Crippen LogP contribution in [0.4, 0.5) is 11.4 Å². The fourth-order valence-corrected chi connectivity index (χ4v) is 2.18. The van der Waals surface area contributed by atoms with Crippen molar-refractivity contribution in [3.8, 4) is 11.8 Å². The van der Waals surface area contributed by atoms with E-state index in [1.807, 2.05) is 0 Å². The van der Waals surface area contributed by atoms with E-state index in [2.05, 4.69) is 5.32 Å². The summed E-state index contributed by atoms with van der Waals surface area (Å²) in [4.78, 5) is 34.6. The lowest BCUT2D eigenvalue weighted by molar-refractivity contribution is -0.384. The number of allylic oxidation sites excluding steroid dienone is 1. The maximum atomic E-state index is 12.2. The Bertz CT molecular complexity index is 946. The maximum absolute atomic E-state index is 12.2. The lowest BCUT2D eigenvalue weighted by atomic mass is 10.0. The van der Waals surface area contributed by atoms with E-state index in [9.17, 15) is 25.0 Å². The molecule has 8 nitrogen and oxygen atoms in total. The van der Waals surface area contributed by atoms with Crippen molar-refractivity contribution in [3.63, 3.8) is 0 Å². The molecule has 2 aromatic rings. The van der Waals surface area contributed by atoms with Gasteiger partial charge in [-0.1, -0.05) is 24.3 Å². The van der Waals surface area contributed by atoms with Crippen molar-refractivity contribution in [2.75, 3.05) is 12.4 Å². The van der Waals surface area contributed by atoms with E-state index in [1.54, 1.807) is 36.4 Å². The molecule has 0 aliphatic heterocycles. The number of methoxy groups -OCH3 is 1. The molecule has 0 radical (unpaired) electrons. The third kappa shape index (κ3) is 5.24. The van der Waals surface area contributed by atoms with Crippen LogP contribution in [0, 0.1) is 27.4 Å². The highest BCUT2D eigenvalue weighted by Gasteiger charge is 2.24. The number of rotatable bonds is 7. The zero-order valence-corrected chi connectivity index (χ0v) is 14.3. The Morgan fingerprint density at radius 2 is 2.00 bits per heavy atom. The van der Waals surface area contributed by atoms with Crippen molar-refractivity contribution in [3.05, 3.63) is 70.3 Å². The second-order valence-electron chi connectivity index (χ2n) is 5.37. The van der Waals surface area contributed by atoms with E-state index in [0.29, 0.717) is 17.0 Å². The second kappa shape index (κ2) is 8.92. The summed E-state index contributed by atoms with van der Waals surface area (Å²) in [7, 11) is 1.47. The second-order valence-corrected chi connectivity index (χ2v) is 5.37. The highest BCUT2D eigenvalue weighted by Crippen LogP contribution is 2.18. The van der Waals surface area contributed by atoms with Gasteiger partial charge in [0, 0.05) is 23.9 Å². The zero-order chi connectivity index (χ0) is 19.8. The van der Waals surface area contributed by atoms with Gasteiger partial charge in [-0.05, 0) is 23.8 Å². The van der Waals surface area contributed by atoms with E-state index in [0.717, 1.165) is 6.08 Å². The van der Waals surface area contributed by atoms with Crippen LogP contribution in [-0.4, -0.2) is 23.7 Å². The first kappa shape index (κ1) is 19.3. The fraction of sp³-hybridized carbons (Fsp3) is 0.105. The van der Waals surface area contributed by atoms with Crippen LogP contribution in [0.2, 0.25) is 0 Å². The van der Waals surface area contributed by atoms with Gasteiger partial charge in [-0.25, -0.2) is 0 Å². The lowest BCUT2D eigenvalue weighted by Gasteiger charge is -2.09. The highest BCUT2D eigenvalue weighted by molar-refractivity contribution is 6.14. The molecule has 0 aliphatic rings. The number of ether oxygens (including phenoxy) is 1. The number of ketones is 1. The number of anilines is 1. The number of hydrogen-bond acceptors (Lipinski definition) is 6. The Kier molecular flexibility index (Phi) is 6.39. The van der Waals surface area contributed by atoms with Gasteiger partial charge in [-0.2, -0.15) is 5.26 Å². The first-order valence-electron chi connectivity index (χ1n) is 7.75. The highest BCUT2D eigenvalue weighted by atomic mass is 16.6. The van der Waals surface area contributed by atoms with E-state index in [1.165, 1.54) is 31.4 Å². The molecule has 0 fully saturated rings. The molecule has 1 N–H and O–H groups in total. The molecule has 136 valence electrons. The third-order valence-electron chi connectivity index (χ3n) is 3.53. The van der Waals surface area contributed by atoms with Crippen LogP contribution < -0.4 is 10.1 Å². The van der Waals surface area contributed by atoms with Crippen molar-refractivity contribution < 1.29 is 19.2 Å². The maximum Gasteiger partial charge on any atom is 0.270 e. The molecule has 2 rings (SSSR count). The topological polar surface area (TPSA) is 122 Å². The Labute approximate surface area is 154 Å². The van der Waals surface area contributed by atoms with E-state index in [-0.39, 0.29) is 5.69 Å². The number of hydrogen-bond donors (Lipinski definition) is 1. The molecule has 0 saturated carbocycles. The van der Waals surface area contributed by atoms with Crippen LogP contribution in [-0.2, 0) is 9.59 Å². The molecule has 2 aromatic carbocycles. The SMILES string of the molecule is COc1cccc(NC(=O)C(C#N)C(=O)/C=C/c2cccc([N+](=O)[O-])c2)c1. The van der Waals surface area contributed by atoms with Gasteiger partial charge in [0.05, 0.1) is 18.1 Å². The standard InChI is InChI=1S/C19H15N3O5/c1-27-16-7-3-5-14(11-16)21-19(24)17(12-20)18(23)9-8-13-4-2-6-15(10-13)22(25)26/h2-11,17H,1H3,(H,21,24)/b9-8+. The van der Waals surface area contributed by atoms with Crippen LogP contribution in [0.25, 0.3) is 6.08 Å². The molecule has 0 bridgehead atoms. The molecule has 1 unspecified atom stereocenters. The summed E-state index contributed by atoms with van der Waals surface area (Å²) < 4.78 is 5.04. The Hall–Kier alpha value is -3.99. The van der Waals surface area contributed by atoms with Gasteiger partial charge < -0.3 is 10.1 Å². The predicted octanol–water partition coefficient (Wildman–Crippen LogP) is 2.96. The molecular weight excluding hydrogens is 350 g/mol. The van der Waals surface area contributed by atoms with Crippen LogP contribution in [0.5, 0.6) is 5.75 Å². The average molecular weight is 365 g/mol. The first-order chi connectivity index (χ1) is 12.9. The smallest absolute Gasteiger partial charge is 0.270 e. The van der Waals surface area contributed by atoms with Gasteiger partial charge in [0.2, 0.25) is 5.91 Å². The minimum absolute atomic E-state index is 0.128. The average Bonchev–Trinajstić information content (AvgIpc) is 2.67. The summed E-state index contributed by atoms with van der Waals surface area (Å²) in [5.74, 6) is -2.55. The monoisotopic (exact) mass is 365 g/mol. The summed E-state index contributed by atoms with van der Waals surface area (Å²) in [5, 5.41) is 22.4. The van der Waals surface area contributed by atoms with Crippen molar-refractivity contribution in [2.45, 2.75) is 0 Å². The predicted molar refractivity (Wildman–Crippen MR) is 97.9 cm³/mol. The van der Waals surface area contributed by atoms with Crippen molar-refractivity contribution in [1.82, 2.24) is 0 Å². The number of carbonyl (C=O) groups excluding carboxylic acids is 2. The largest absolute Gasteiger partial charge is 0.497 e. The van der Waals surface area contributed by atoms with E-state index >= 15 is 0 Å². The molecule has 0 heterocycles. The van der Waals surface area contributed by atoms with Crippen LogP contribution in [0.15, 0.2) is 54.6 Å². The Morgan fingerprint density at radius 3 is 2.67 bits per heavy atom. The van der Waals surface area contributed by atoms with Gasteiger partial charge in [-0.15, -0.1) is 0 Å². The molecule has 27 heavy (non-hydrogen) atoms. The molecule has 8 heteroatoms. The number of nitrogens with zero attached hydrogens (tertiary/aromatic N) is 2. The fourth-order valence-electron chi connectivity index (χ4n) is 2.18. The number of nitro benzene ring substituents is 1. The Balaban J connectivity index is 2.10. The molecule has 0 spiro atoms. The summed E-state index contributed by atoms with van der Waals surface area (Å²) in [6.07, 6.45) is 2.37. The number of nitrogens with one attached hydrogen (secondary N) is 1. The first-order valence-corrected chi connectivity index (χ1v) is 7.75. The molecule has 1 amide bonds. The van der Waals surface area contributed by atoms with Crippen molar-refractivity contribution >= 4 is 29.1 Å². The summed E-state index contributed by atoms with van der Waals surface area (Å²) in [6, 6.07) is 13.8. The van der Waals surface area contributed by atoms with E-state index < -0.39 is 22.5 Å². The number of non-ortho nitro benzene ring substituents is 1. The van der Waals surface area contributed by atoms with Gasteiger partial charge >= 0.3 is 0 Å². The van der Waals surface area contributed by atoms with E-state index in [4.69, 9.17) is 4.74 Å². The minimum Gasteiger partial charge on any atom is -0.497 e. The van der Waals surface area contributed by atoms with Gasteiger partial charge in [0.25, 0.3) is 5.69 Å².